The van der Waals surface area contributed by atoms with Crippen molar-refractivity contribution in [3.8, 4) is 0 Å². The van der Waals surface area contributed by atoms with E-state index in [0.29, 0.717) is 0 Å². The first-order valence-corrected chi connectivity index (χ1v) is 6.58. The van der Waals surface area contributed by atoms with Gasteiger partial charge in [-0.2, -0.15) is 0 Å². The van der Waals surface area contributed by atoms with Crippen molar-refractivity contribution < 1.29 is 0 Å². The van der Waals surface area contributed by atoms with E-state index in [9.17, 15) is 0 Å². The zero-order chi connectivity index (χ0) is 12.3. The topological polar surface area (TPSA) is 3.24 Å². The van der Waals surface area contributed by atoms with Gasteiger partial charge < -0.3 is 4.90 Å². The minimum atomic E-state index is 0.877. The van der Waals surface area contributed by atoms with Crippen LogP contribution < -0.4 is 0 Å². The third kappa shape index (κ3) is 3.44. The Morgan fingerprint density at radius 3 is 2.35 bits per heavy atom. The zero-order valence-electron chi connectivity index (χ0n) is 11.1. The van der Waals surface area contributed by atoms with Gasteiger partial charge in [-0.05, 0) is 63.4 Å². The highest BCUT2D eigenvalue weighted by atomic mass is 15.1. The Labute approximate surface area is 105 Å². The smallest absolute Gasteiger partial charge is 0.00190 e. The van der Waals surface area contributed by atoms with Crippen LogP contribution in [0.5, 0.6) is 0 Å². The summed E-state index contributed by atoms with van der Waals surface area (Å²) in [4.78, 5) is 2.43. The van der Waals surface area contributed by atoms with Gasteiger partial charge in [0.25, 0.3) is 0 Å². The highest BCUT2D eigenvalue weighted by Crippen LogP contribution is 2.21. The Morgan fingerprint density at radius 1 is 1.24 bits per heavy atom. The number of allylic oxidation sites excluding steroid dienone is 1. The van der Waals surface area contributed by atoms with E-state index in [1.54, 1.807) is 0 Å². The van der Waals surface area contributed by atoms with Crippen LogP contribution in [0.25, 0.3) is 5.57 Å². The molecule has 1 heterocycles. The van der Waals surface area contributed by atoms with Crippen molar-refractivity contribution in [3.63, 3.8) is 0 Å². The van der Waals surface area contributed by atoms with Crippen LogP contribution in [-0.4, -0.2) is 25.0 Å². The fourth-order valence-electron chi connectivity index (χ4n) is 2.52. The molecule has 0 radical (unpaired) electrons. The summed E-state index contributed by atoms with van der Waals surface area (Å²) in [6.45, 7) is 8.55. The number of nitrogens with zero attached hydrogens (tertiary/aromatic N) is 1. The second-order valence-corrected chi connectivity index (χ2v) is 5.43. The summed E-state index contributed by atoms with van der Waals surface area (Å²) in [5, 5.41) is 0. The summed E-state index contributed by atoms with van der Waals surface area (Å²) in [6.07, 6.45) is 3.93. The first kappa shape index (κ1) is 12.4. The monoisotopic (exact) mass is 229 g/mol. The molecule has 1 aliphatic rings. The second kappa shape index (κ2) is 5.50. The molecule has 0 N–H and O–H groups in total. The molecule has 1 aromatic rings. The average Bonchev–Trinajstić information content (AvgIpc) is 2.33. The molecule has 0 unspecified atom stereocenters. The number of piperidine rings is 1. The third-order valence-electron chi connectivity index (χ3n) is 3.81. The molecule has 1 aliphatic heterocycles. The molecule has 0 aromatic heterocycles. The number of hydrogen-bond donors (Lipinski definition) is 0. The van der Waals surface area contributed by atoms with Gasteiger partial charge in [0.1, 0.15) is 0 Å². The molecular weight excluding hydrogens is 206 g/mol. The summed E-state index contributed by atoms with van der Waals surface area (Å²) in [6, 6.07) is 8.93. The number of likely N-dealkylation sites (tertiary alicyclic amines) is 1. The predicted octanol–water partition coefficient (Wildman–Crippen LogP) is 3.60. The SMILES string of the molecule is C=C(C)c1ccc(CC2CCN(C)CC2)cc1. The van der Waals surface area contributed by atoms with Crippen LogP contribution in [0.3, 0.4) is 0 Å². The van der Waals surface area contributed by atoms with Gasteiger partial charge >= 0.3 is 0 Å². The Hall–Kier alpha value is -1.08. The van der Waals surface area contributed by atoms with Crippen LogP contribution in [-0.2, 0) is 6.42 Å². The van der Waals surface area contributed by atoms with Gasteiger partial charge in [0.2, 0.25) is 0 Å². The maximum Gasteiger partial charge on any atom is -0.00190 e. The fraction of sp³-hybridized carbons (Fsp3) is 0.500. The lowest BCUT2D eigenvalue weighted by Gasteiger charge is -2.28. The van der Waals surface area contributed by atoms with E-state index >= 15 is 0 Å². The maximum absolute atomic E-state index is 3.97. The van der Waals surface area contributed by atoms with Crippen LogP contribution in [0.2, 0.25) is 0 Å². The molecule has 0 atom stereocenters. The average molecular weight is 229 g/mol. The number of rotatable bonds is 3. The van der Waals surface area contributed by atoms with Crippen molar-refractivity contribution in [2.45, 2.75) is 26.2 Å². The van der Waals surface area contributed by atoms with E-state index in [4.69, 9.17) is 0 Å². The number of hydrogen-bond acceptors (Lipinski definition) is 1. The maximum atomic E-state index is 3.97. The van der Waals surface area contributed by atoms with Crippen LogP contribution in [0.4, 0.5) is 0 Å². The van der Waals surface area contributed by atoms with Crippen molar-refractivity contribution >= 4 is 5.57 Å². The molecule has 92 valence electrons. The molecule has 1 heteroatoms. The third-order valence-corrected chi connectivity index (χ3v) is 3.81. The van der Waals surface area contributed by atoms with Crippen LogP contribution in [0, 0.1) is 5.92 Å². The standard InChI is InChI=1S/C16H23N/c1-13(2)16-6-4-14(5-7-16)12-15-8-10-17(3)11-9-15/h4-7,15H,1,8-12H2,2-3H3. The van der Waals surface area contributed by atoms with Crippen molar-refractivity contribution in [1.29, 1.82) is 0 Å². The summed E-state index contributed by atoms with van der Waals surface area (Å²) in [5.41, 5.74) is 3.89. The Balaban J connectivity index is 1.92. The Morgan fingerprint density at radius 2 is 1.82 bits per heavy atom. The van der Waals surface area contributed by atoms with E-state index < -0.39 is 0 Å². The predicted molar refractivity (Wildman–Crippen MR) is 75.1 cm³/mol. The minimum absolute atomic E-state index is 0.877. The lowest BCUT2D eigenvalue weighted by Crippen LogP contribution is -2.30. The summed E-state index contributed by atoms with van der Waals surface area (Å²) < 4.78 is 0. The van der Waals surface area contributed by atoms with Crippen molar-refractivity contribution in [3.05, 3.63) is 42.0 Å². The molecule has 17 heavy (non-hydrogen) atoms. The highest BCUT2D eigenvalue weighted by molar-refractivity contribution is 5.61. The van der Waals surface area contributed by atoms with Gasteiger partial charge in [-0.15, -0.1) is 0 Å². The van der Waals surface area contributed by atoms with Gasteiger partial charge in [0.05, 0.1) is 0 Å². The van der Waals surface area contributed by atoms with Crippen LogP contribution >= 0.6 is 0 Å². The van der Waals surface area contributed by atoms with E-state index in [-0.39, 0.29) is 0 Å². The van der Waals surface area contributed by atoms with Crippen LogP contribution in [0.1, 0.15) is 30.9 Å². The summed E-state index contributed by atoms with van der Waals surface area (Å²) in [5.74, 6) is 0.877. The summed E-state index contributed by atoms with van der Waals surface area (Å²) in [7, 11) is 2.22. The van der Waals surface area contributed by atoms with Crippen LogP contribution in [0.15, 0.2) is 30.8 Å². The van der Waals surface area contributed by atoms with E-state index in [2.05, 4.69) is 49.7 Å². The second-order valence-electron chi connectivity index (χ2n) is 5.43. The number of benzene rings is 1. The molecule has 1 aromatic carbocycles. The first-order valence-electron chi connectivity index (χ1n) is 6.58. The van der Waals surface area contributed by atoms with Gasteiger partial charge in [-0.25, -0.2) is 0 Å². The quantitative estimate of drug-likeness (QED) is 0.765. The van der Waals surface area contributed by atoms with Gasteiger partial charge in [0, 0.05) is 0 Å². The zero-order valence-corrected chi connectivity index (χ0v) is 11.1. The molecule has 0 saturated carbocycles. The Kier molecular flexibility index (Phi) is 4.01. The molecule has 1 nitrogen and oxygen atoms in total. The fourth-order valence-corrected chi connectivity index (χ4v) is 2.52. The molecule has 0 bridgehead atoms. The molecule has 1 fully saturated rings. The highest BCUT2D eigenvalue weighted by Gasteiger charge is 2.16. The lowest BCUT2D eigenvalue weighted by atomic mass is 9.90. The Bertz CT molecular complexity index is 369. The minimum Gasteiger partial charge on any atom is -0.306 e. The van der Waals surface area contributed by atoms with Gasteiger partial charge in [-0.1, -0.05) is 36.4 Å². The molecule has 1 saturated heterocycles. The molecule has 0 spiro atoms. The van der Waals surface area contributed by atoms with Gasteiger partial charge in [0.15, 0.2) is 0 Å². The van der Waals surface area contributed by atoms with Crippen molar-refractivity contribution in [2.75, 3.05) is 20.1 Å². The van der Waals surface area contributed by atoms with E-state index in [0.717, 1.165) is 11.5 Å². The molecule has 2 rings (SSSR count). The lowest BCUT2D eigenvalue weighted by molar-refractivity contribution is 0.219. The first-order chi connectivity index (χ1) is 8.15. The summed E-state index contributed by atoms with van der Waals surface area (Å²) >= 11 is 0. The van der Waals surface area contributed by atoms with Gasteiger partial charge in [-0.3, -0.25) is 0 Å². The van der Waals surface area contributed by atoms with Crippen molar-refractivity contribution in [2.24, 2.45) is 5.92 Å². The molecule has 0 amide bonds. The van der Waals surface area contributed by atoms with Crippen molar-refractivity contribution in [1.82, 2.24) is 4.90 Å². The molecule has 0 aliphatic carbocycles. The largest absolute Gasteiger partial charge is 0.306 e. The van der Waals surface area contributed by atoms with E-state index in [1.165, 1.54) is 43.5 Å². The normalized spacial score (nSPS) is 18.2. The molecular formula is C16H23N. The van der Waals surface area contributed by atoms with E-state index in [1.807, 2.05) is 0 Å².